The van der Waals surface area contributed by atoms with Crippen molar-refractivity contribution in [2.24, 2.45) is 4.99 Å². The Kier molecular flexibility index (Phi) is 6.59. The molecule has 1 aliphatic rings. The molecule has 1 fully saturated rings. The van der Waals surface area contributed by atoms with Crippen molar-refractivity contribution in [1.82, 2.24) is 4.31 Å². The van der Waals surface area contributed by atoms with Crippen molar-refractivity contribution < 1.29 is 18.3 Å². The molecular weight excluding hydrogens is 400 g/mol. The summed E-state index contributed by atoms with van der Waals surface area (Å²) >= 11 is 6.18. The third-order valence-electron chi connectivity index (χ3n) is 4.53. The highest BCUT2D eigenvalue weighted by Gasteiger charge is 2.28. The average Bonchev–Trinajstić information content (AvgIpc) is 2.70. The normalized spacial score (nSPS) is 15.8. The second-order valence-corrected chi connectivity index (χ2v) is 8.78. The van der Waals surface area contributed by atoms with Crippen LogP contribution in [0.2, 0.25) is 5.02 Å². The first-order valence-electron chi connectivity index (χ1n) is 9.22. The van der Waals surface area contributed by atoms with Crippen molar-refractivity contribution in [3.05, 3.63) is 47.0 Å². The van der Waals surface area contributed by atoms with Gasteiger partial charge in [-0.15, -0.1) is 0 Å². The third kappa shape index (κ3) is 4.48. The molecule has 0 radical (unpaired) electrons. The number of ether oxygens (including phenoxy) is 1. The molecule has 0 saturated carbocycles. The number of hydrogen-bond donors (Lipinski definition) is 1. The number of rotatable bonds is 6. The van der Waals surface area contributed by atoms with Crippen LogP contribution in [0.25, 0.3) is 0 Å². The van der Waals surface area contributed by atoms with Gasteiger partial charge in [0.2, 0.25) is 10.0 Å². The Bertz CT molecular complexity index is 970. The van der Waals surface area contributed by atoms with Crippen molar-refractivity contribution in [3.8, 4) is 11.5 Å². The Labute approximate surface area is 170 Å². The molecule has 0 atom stereocenters. The largest absolute Gasteiger partial charge is 0.504 e. The monoisotopic (exact) mass is 422 g/mol. The number of phenolic OH excluding ortho intramolecular Hbond substituents is 1. The van der Waals surface area contributed by atoms with Gasteiger partial charge in [-0.05, 0) is 50.1 Å². The molecule has 2 aromatic rings. The van der Waals surface area contributed by atoms with Crippen LogP contribution >= 0.6 is 11.6 Å². The summed E-state index contributed by atoms with van der Waals surface area (Å²) in [4.78, 5) is 4.37. The fraction of sp³-hybridized carbons (Fsp3) is 0.350. The van der Waals surface area contributed by atoms with Gasteiger partial charge < -0.3 is 9.84 Å². The number of halogens is 1. The van der Waals surface area contributed by atoms with Gasteiger partial charge in [0.1, 0.15) is 4.90 Å². The zero-order valence-corrected chi connectivity index (χ0v) is 17.2. The number of phenols is 1. The molecule has 8 heteroatoms. The van der Waals surface area contributed by atoms with E-state index in [1.54, 1.807) is 24.3 Å². The number of nitrogens with zero attached hydrogens (tertiary/aromatic N) is 2. The third-order valence-corrected chi connectivity index (χ3v) is 6.91. The van der Waals surface area contributed by atoms with Crippen molar-refractivity contribution >= 4 is 33.5 Å². The van der Waals surface area contributed by atoms with Crippen molar-refractivity contribution in [2.75, 3.05) is 19.7 Å². The molecular formula is C20H23ClN2O4S. The fourth-order valence-electron chi connectivity index (χ4n) is 3.07. The summed E-state index contributed by atoms with van der Waals surface area (Å²) in [6.07, 6.45) is 4.21. The number of benzene rings is 2. The average molecular weight is 423 g/mol. The quantitative estimate of drug-likeness (QED) is 0.701. The van der Waals surface area contributed by atoms with E-state index in [4.69, 9.17) is 16.3 Å². The lowest BCUT2D eigenvalue weighted by molar-refractivity contribution is 0.318. The van der Waals surface area contributed by atoms with E-state index in [9.17, 15) is 13.5 Å². The van der Waals surface area contributed by atoms with Crippen LogP contribution in [0.15, 0.2) is 46.3 Å². The minimum absolute atomic E-state index is 0.0109. The summed E-state index contributed by atoms with van der Waals surface area (Å²) in [5.74, 6) is 0.360. The first-order chi connectivity index (χ1) is 13.4. The van der Waals surface area contributed by atoms with E-state index in [0.29, 0.717) is 36.7 Å². The number of hydrogen-bond acceptors (Lipinski definition) is 5. The lowest BCUT2D eigenvalue weighted by Gasteiger charge is -2.26. The minimum Gasteiger partial charge on any atom is -0.504 e. The summed E-state index contributed by atoms with van der Waals surface area (Å²) in [5.41, 5.74) is 0.905. The Morgan fingerprint density at radius 1 is 1.21 bits per heavy atom. The van der Waals surface area contributed by atoms with Gasteiger partial charge in [-0.1, -0.05) is 24.1 Å². The second-order valence-electron chi connectivity index (χ2n) is 6.46. The molecule has 6 nitrogen and oxygen atoms in total. The molecule has 1 aliphatic heterocycles. The molecule has 1 heterocycles. The van der Waals surface area contributed by atoms with Crippen LogP contribution < -0.4 is 4.74 Å². The van der Waals surface area contributed by atoms with E-state index in [2.05, 4.69) is 4.99 Å². The molecule has 2 aromatic carbocycles. The SMILES string of the molecule is CCOc1cccc(C=Nc2ccc(Cl)c(S(=O)(=O)N3CCCCC3)c2)c1O. The Balaban J connectivity index is 1.90. The summed E-state index contributed by atoms with van der Waals surface area (Å²) in [7, 11) is -3.66. The maximum absolute atomic E-state index is 12.9. The van der Waals surface area contributed by atoms with Gasteiger partial charge in [0.05, 0.1) is 17.3 Å². The first-order valence-corrected chi connectivity index (χ1v) is 11.0. The zero-order chi connectivity index (χ0) is 20.1. The lowest BCUT2D eigenvalue weighted by Crippen LogP contribution is -2.35. The van der Waals surface area contributed by atoms with Crippen LogP contribution in [0, 0.1) is 0 Å². The van der Waals surface area contributed by atoms with Crippen LogP contribution in [0.5, 0.6) is 11.5 Å². The van der Waals surface area contributed by atoms with Crippen LogP contribution in [-0.4, -0.2) is 43.7 Å². The van der Waals surface area contributed by atoms with E-state index in [-0.39, 0.29) is 15.7 Å². The van der Waals surface area contributed by atoms with Gasteiger partial charge in [-0.3, -0.25) is 4.99 Å². The maximum Gasteiger partial charge on any atom is 0.244 e. The smallest absolute Gasteiger partial charge is 0.244 e. The molecule has 0 bridgehead atoms. The number of piperidine rings is 1. The number of aromatic hydroxyl groups is 1. The van der Waals surface area contributed by atoms with Crippen molar-refractivity contribution in [3.63, 3.8) is 0 Å². The predicted octanol–water partition coefficient (Wildman–Crippen LogP) is 4.37. The maximum atomic E-state index is 12.9. The highest BCUT2D eigenvalue weighted by atomic mass is 35.5. The van der Waals surface area contributed by atoms with Gasteiger partial charge in [-0.25, -0.2) is 8.42 Å². The molecule has 28 heavy (non-hydrogen) atoms. The van der Waals surface area contributed by atoms with Crippen LogP contribution in [0.1, 0.15) is 31.7 Å². The van der Waals surface area contributed by atoms with Crippen molar-refractivity contribution in [1.29, 1.82) is 0 Å². The van der Waals surface area contributed by atoms with Crippen LogP contribution in [0.4, 0.5) is 5.69 Å². The topological polar surface area (TPSA) is 79.2 Å². The molecule has 0 amide bonds. The Morgan fingerprint density at radius 3 is 2.68 bits per heavy atom. The number of aliphatic imine (C=N–C) groups is 1. The van der Waals surface area contributed by atoms with E-state index >= 15 is 0 Å². The van der Waals surface area contributed by atoms with E-state index in [1.807, 2.05) is 6.92 Å². The van der Waals surface area contributed by atoms with Crippen LogP contribution in [0.3, 0.4) is 0 Å². The van der Waals surface area contributed by atoms with E-state index in [1.165, 1.54) is 22.7 Å². The van der Waals surface area contributed by atoms with Gasteiger partial charge in [-0.2, -0.15) is 4.31 Å². The highest BCUT2D eigenvalue weighted by Crippen LogP contribution is 2.32. The molecule has 0 aliphatic carbocycles. The molecule has 0 aromatic heterocycles. The summed E-state index contributed by atoms with van der Waals surface area (Å²) in [6, 6.07) is 9.75. The Hall–Kier alpha value is -2.09. The predicted molar refractivity (Wildman–Crippen MR) is 111 cm³/mol. The van der Waals surface area contributed by atoms with Crippen molar-refractivity contribution in [2.45, 2.75) is 31.1 Å². The second kappa shape index (κ2) is 8.94. The number of para-hydroxylation sites is 1. The zero-order valence-electron chi connectivity index (χ0n) is 15.6. The fourth-order valence-corrected chi connectivity index (χ4v) is 5.09. The standard InChI is InChI=1S/C20H23ClN2O4S/c1-2-27-18-8-6-7-15(20(18)24)14-22-16-9-10-17(21)19(13-16)28(25,26)23-11-4-3-5-12-23/h6-10,13-14,24H,2-5,11-12H2,1H3. The Morgan fingerprint density at radius 2 is 1.96 bits per heavy atom. The lowest BCUT2D eigenvalue weighted by atomic mass is 10.2. The molecule has 1 N–H and O–H groups in total. The summed E-state index contributed by atoms with van der Waals surface area (Å²) < 4.78 is 32.7. The van der Waals surface area contributed by atoms with Gasteiger partial charge in [0, 0.05) is 24.9 Å². The molecule has 3 rings (SSSR count). The molecule has 1 saturated heterocycles. The van der Waals surface area contributed by atoms with Gasteiger partial charge >= 0.3 is 0 Å². The first kappa shape index (κ1) is 20.6. The van der Waals surface area contributed by atoms with Gasteiger partial charge in [0.25, 0.3) is 0 Å². The highest BCUT2D eigenvalue weighted by molar-refractivity contribution is 7.89. The molecule has 0 spiro atoms. The molecule has 0 unspecified atom stereocenters. The summed E-state index contributed by atoms with van der Waals surface area (Å²) in [5, 5.41) is 10.4. The molecule has 150 valence electrons. The van der Waals surface area contributed by atoms with E-state index in [0.717, 1.165) is 19.3 Å². The minimum atomic E-state index is -3.66. The summed E-state index contributed by atoms with van der Waals surface area (Å²) in [6.45, 7) is 3.27. The number of sulfonamides is 1. The van der Waals surface area contributed by atoms with E-state index < -0.39 is 10.0 Å². The van der Waals surface area contributed by atoms with Crippen LogP contribution in [-0.2, 0) is 10.0 Å². The van der Waals surface area contributed by atoms with Gasteiger partial charge in [0.15, 0.2) is 11.5 Å².